The summed E-state index contributed by atoms with van der Waals surface area (Å²) >= 11 is 0. The van der Waals surface area contributed by atoms with Crippen LogP contribution in [0.4, 0.5) is 5.69 Å². The molecule has 5 heteroatoms. The average Bonchev–Trinajstić information content (AvgIpc) is 3.17. The van der Waals surface area contributed by atoms with Crippen molar-refractivity contribution < 1.29 is 4.79 Å². The predicted octanol–water partition coefficient (Wildman–Crippen LogP) is 1.85. The molecule has 1 aromatic heterocycles. The molecule has 19 heavy (non-hydrogen) atoms. The zero-order valence-corrected chi connectivity index (χ0v) is 10.8. The monoisotopic (exact) mass is 256 g/mol. The van der Waals surface area contributed by atoms with Crippen molar-refractivity contribution in [1.29, 1.82) is 0 Å². The molecule has 1 fully saturated rings. The Kier molecular flexibility index (Phi) is 2.19. The third-order valence-electron chi connectivity index (χ3n) is 4.14. The summed E-state index contributed by atoms with van der Waals surface area (Å²) in [5.41, 5.74) is 4.13. The van der Waals surface area contributed by atoms with E-state index in [0.29, 0.717) is 5.92 Å². The van der Waals surface area contributed by atoms with E-state index in [1.807, 2.05) is 24.2 Å². The van der Waals surface area contributed by atoms with Crippen LogP contribution in [-0.2, 0) is 4.79 Å². The van der Waals surface area contributed by atoms with E-state index in [2.05, 4.69) is 15.4 Å². The van der Waals surface area contributed by atoms with E-state index in [0.717, 1.165) is 29.7 Å². The number of hydrazone groups is 1. The standard InChI is InChI=1S/C14H16N4O/c1-8-4-10-12(6-15-8)16-14-5-11(9-2-3-9)17-18(14)13(10)7-19/h4,6-7,9,13-14,16H,2-3,5H2,1H3. The lowest BCUT2D eigenvalue weighted by Gasteiger charge is -2.36. The van der Waals surface area contributed by atoms with Gasteiger partial charge in [0.05, 0.1) is 11.9 Å². The third-order valence-corrected chi connectivity index (χ3v) is 4.14. The summed E-state index contributed by atoms with van der Waals surface area (Å²) in [7, 11) is 0. The lowest BCUT2D eigenvalue weighted by atomic mass is 10.0. The van der Waals surface area contributed by atoms with E-state index < -0.39 is 0 Å². The van der Waals surface area contributed by atoms with Crippen LogP contribution in [0.5, 0.6) is 0 Å². The van der Waals surface area contributed by atoms with E-state index in [9.17, 15) is 4.79 Å². The number of rotatable bonds is 2. The highest BCUT2D eigenvalue weighted by Gasteiger charge is 2.42. The molecule has 1 aliphatic carbocycles. The van der Waals surface area contributed by atoms with Crippen LogP contribution in [0.1, 0.15) is 36.6 Å². The molecule has 0 amide bonds. The molecular weight excluding hydrogens is 240 g/mol. The van der Waals surface area contributed by atoms with Crippen molar-refractivity contribution in [3.63, 3.8) is 0 Å². The van der Waals surface area contributed by atoms with Gasteiger partial charge in [0.2, 0.25) is 0 Å². The van der Waals surface area contributed by atoms with Crippen LogP contribution in [0, 0.1) is 12.8 Å². The summed E-state index contributed by atoms with van der Waals surface area (Å²) in [6, 6.07) is 1.70. The highest BCUT2D eigenvalue weighted by atomic mass is 16.1. The summed E-state index contributed by atoms with van der Waals surface area (Å²) in [5.74, 6) is 0.655. The van der Waals surface area contributed by atoms with Crippen molar-refractivity contribution in [3.8, 4) is 0 Å². The summed E-state index contributed by atoms with van der Waals surface area (Å²) in [4.78, 5) is 15.8. The van der Waals surface area contributed by atoms with Gasteiger partial charge in [-0.25, -0.2) is 0 Å². The van der Waals surface area contributed by atoms with Crippen LogP contribution in [0.25, 0.3) is 0 Å². The Hall–Kier alpha value is -1.91. The molecule has 98 valence electrons. The molecule has 1 saturated carbocycles. The molecule has 5 nitrogen and oxygen atoms in total. The zero-order chi connectivity index (χ0) is 13.0. The van der Waals surface area contributed by atoms with Crippen molar-refractivity contribution in [2.24, 2.45) is 11.0 Å². The van der Waals surface area contributed by atoms with Gasteiger partial charge in [0.25, 0.3) is 0 Å². The Bertz CT molecular complexity index is 579. The zero-order valence-electron chi connectivity index (χ0n) is 10.8. The van der Waals surface area contributed by atoms with Crippen molar-refractivity contribution in [1.82, 2.24) is 9.99 Å². The predicted molar refractivity (Wildman–Crippen MR) is 71.8 cm³/mol. The minimum absolute atomic E-state index is 0.114. The number of carbonyl (C=O) groups excluding carboxylic acids is 1. The molecule has 4 rings (SSSR count). The maximum atomic E-state index is 11.5. The molecule has 1 N–H and O–H groups in total. The molecule has 3 heterocycles. The Labute approximate surface area is 111 Å². The van der Waals surface area contributed by atoms with E-state index in [1.165, 1.54) is 18.6 Å². The Morgan fingerprint density at radius 1 is 1.47 bits per heavy atom. The molecular formula is C14H16N4O. The molecule has 2 unspecified atom stereocenters. The number of carbonyl (C=O) groups is 1. The van der Waals surface area contributed by atoms with E-state index in [4.69, 9.17) is 0 Å². The quantitative estimate of drug-likeness (QED) is 0.820. The lowest BCUT2D eigenvalue weighted by Crippen LogP contribution is -2.41. The molecule has 0 bridgehead atoms. The van der Waals surface area contributed by atoms with Crippen LogP contribution in [0.2, 0.25) is 0 Å². The number of pyridine rings is 1. The molecule has 1 aromatic rings. The minimum Gasteiger partial charge on any atom is -0.362 e. The number of anilines is 1. The van der Waals surface area contributed by atoms with Crippen molar-refractivity contribution in [2.45, 2.75) is 38.4 Å². The van der Waals surface area contributed by atoms with E-state index >= 15 is 0 Å². The van der Waals surface area contributed by atoms with E-state index in [1.54, 1.807) is 0 Å². The van der Waals surface area contributed by atoms with Gasteiger partial charge in [-0.3, -0.25) is 9.99 Å². The fraction of sp³-hybridized carbons (Fsp3) is 0.500. The first-order chi connectivity index (χ1) is 9.26. The smallest absolute Gasteiger partial charge is 0.148 e. The van der Waals surface area contributed by atoms with Crippen LogP contribution in [0.15, 0.2) is 17.4 Å². The summed E-state index contributed by atoms with van der Waals surface area (Å²) in [6.07, 6.45) is 6.35. The molecule has 0 saturated heterocycles. The largest absolute Gasteiger partial charge is 0.362 e. The third kappa shape index (κ3) is 1.64. The van der Waals surface area contributed by atoms with Crippen molar-refractivity contribution in [2.75, 3.05) is 5.32 Å². The number of hydrogen-bond acceptors (Lipinski definition) is 5. The number of fused-ring (bicyclic) bond motifs is 2. The van der Waals surface area contributed by atoms with Gasteiger partial charge in [-0.05, 0) is 31.7 Å². The number of nitrogens with one attached hydrogen (secondary N) is 1. The summed E-state index contributed by atoms with van der Waals surface area (Å²) < 4.78 is 0. The van der Waals surface area contributed by atoms with Crippen LogP contribution in [0.3, 0.4) is 0 Å². The molecule has 0 radical (unpaired) electrons. The topological polar surface area (TPSA) is 57.6 Å². The molecule has 0 aromatic carbocycles. The molecule has 2 aliphatic heterocycles. The second-order valence-electron chi connectivity index (χ2n) is 5.60. The van der Waals surface area contributed by atoms with Gasteiger partial charge >= 0.3 is 0 Å². The highest BCUT2D eigenvalue weighted by Crippen LogP contribution is 2.41. The van der Waals surface area contributed by atoms with Gasteiger partial charge in [0.15, 0.2) is 0 Å². The first-order valence-electron chi connectivity index (χ1n) is 6.80. The van der Waals surface area contributed by atoms with Gasteiger partial charge in [-0.1, -0.05) is 0 Å². The molecule has 2 atom stereocenters. The summed E-state index contributed by atoms with van der Waals surface area (Å²) in [6.45, 7) is 1.94. The lowest BCUT2D eigenvalue weighted by molar-refractivity contribution is -0.113. The van der Waals surface area contributed by atoms with Crippen LogP contribution in [-0.4, -0.2) is 28.2 Å². The Balaban J connectivity index is 1.74. The second kappa shape index (κ2) is 3.79. The highest BCUT2D eigenvalue weighted by molar-refractivity contribution is 5.91. The fourth-order valence-electron chi connectivity index (χ4n) is 2.99. The Morgan fingerprint density at radius 3 is 3.05 bits per heavy atom. The van der Waals surface area contributed by atoms with Crippen molar-refractivity contribution >= 4 is 17.7 Å². The maximum absolute atomic E-state index is 11.5. The maximum Gasteiger partial charge on any atom is 0.148 e. The average molecular weight is 256 g/mol. The number of aromatic nitrogens is 1. The minimum atomic E-state index is -0.279. The molecule has 3 aliphatic rings. The summed E-state index contributed by atoms with van der Waals surface area (Å²) in [5, 5.41) is 10.1. The van der Waals surface area contributed by atoms with Crippen LogP contribution >= 0.6 is 0 Å². The number of hydrogen-bond donors (Lipinski definition) is 1. The van der Waals surface area contributed by atoms with Gasteiger partial charge in [-0.2, -0.15) is 5.10 Å². The number of aldehydes is 1. The Morgan fingerprint density at radius 2 is 2.32 bits per heavy atom. The SMILES string of the molecule is Cc1cc2c(cn1)NC1CC(C3CC3)=NN1C2C=O. The number of nitrogens with zero attached hydrogens (tertiary/aromatic N) is 3. The van der Waals surface area contributed by atoms with Gasteiger partial charge in [0, 0.05) is 23.4 Å². The molecule has 0 spiro atoms. The van der Waals surface area contributed by atoms with Gasteiger partial charge in [-0.15, -0.1) is 0 Å². The van der Waals surface area contributed by atoms with E-state index in [-0.39, 0.29) is 12.2 Å². The first kappa shape index (κ1) is 11.0. The first-order valence-corrected chi connectivity index (χ1v) is 6.80. The van der Waals surface area contributed by atoms with Crippen molar-refractivity contribution in [3.05, 3.63) is 23.5 Å². The van der Waals surface area contributed by atoms with Gasteiger partial charge < -0.3 is 10.1 Å². The fourth-order valence-corrected chi connectivity index (χ4v) is 2.99. The van der Waals surface area contributed by atoms with Crippen LogP contribution < -0.4 is 5.32 Å². The normalized spacial score (nSPS) is 28.3. The second-order valence-corrected chi connectivity index (χ2v) is 5.60. The van der Waals surface area contributed by atoms with Gasteiger partial charge in [0.1, 0.15) is 18.5 Å². The number of aryl methyl sites for hydroxylation is 1.